The smallest absolute Gasteiger partial charge is 0.417 e. The van der Waals surface area contributed by atoms with E-state index < -0.39 is 18.0 Å². The Balaban J connectivity index is 0. The summed E-state index contributed by atoms with van der Waals surface area (Å²) in [5.74, 6) is -0.916. The molecular weight excluding hydrogens is 254 g/mol. The summed E-state index contributed by atoms with van der Waals surface area (Å²) >= 11 is 0. The summed E-state index contributed by atoms with van der Waals surface area (Å²) in [4.78, 5) is 26.0. The summed E-state index contributed by atoms with van der Waals surface area (Å²) in [7, 11) is 0. The number of rotatable bonds is 1. The van der Waals surface area contributed by atoms with Gasteiger partial charge in [0.25, 0.3) is 0 Å². The van der Waals surface area contributed by atoms with Crippen molar-refractivity contribution >= 4 is 17.7 Å². The van der Waals surface area contributed by atoms with Crippen molar-refractivity contribution in [3.63, 3.8) is 0 Å². The van der Waals surface area contributed by atoms with Crippen molar-refractivity contribution in [2.75, 3.05) is 13.2 Å². The molecule has 1 unspecified atom stereocenters. The van der Waals surface area contributed by atoms with E-state index in [0.717, 1.165) is 0 Å². The third-order valence-corrected chi connectivity index (χ3v) is 2.03. The van der Waals surface area contributed by atoms with Gasteiger partial charge in [-0.05, 0) is 5.53 Å². The Morgan fingerprint density at radius 2 is 1.84 bits per heavy atom. The average molecular weight is 271 g/mol. The zero-order valence-electron chi connectivity index (χ0n) is 8.77. The highest BCUT2D eigenvalue weighted by atomic mass is 16.5. The molecule has 0 aliphatic carbocycles. The van der Waals surface area contributed by atoms with Crippen LogP contribution in [0.1, 0.15) is 27.7 Å². The van der Waals surface area contributed by atoms with E-state index in [1.165, 1.54) is 0 Å². The Morgan fingerprint density at radius 3 is 2.16 bits per heavy atom. The number of azide groups is 1. The first-order valence-electron chi connectivity index (χ1n) is 4.78. The van der Waals surface area contributed by atoms with Crippen molar-refractivity contribution in [1.29, 1.82) is 0 Å². The van der Waals surface area contributed by atoms with Crippen molar-refractivity contribution in [2.45, 2.75) is 33.7 Å². The van der Waals surface area contributed by atoms with E-state index in [1.807, 2.05) is 0 Å². The topological polar surface area (TPSA) is 138 Å². The quantitative estimate of drug-likeness (QED) is 0.308. The van der Waals surface area contributed by atoms with Gasteiger partial charge in [0.05, 0.1) is 13.0 Å². The monoisotopic (exact) mass is 271 g/mol. The number of hydrogen-bond acceptors (Lipinski definition) is 5. The van der Waals surface area contributed by atoms with Gasteiger partial charge in [0.15, 0.2) is 0 Å². The second-order valence-electron chi connectivity index (χ2n) is 3.11. The molecule has 1 atom stereocenters. The normalized spacial score (nSPS) is 19.4. The van der Waals surface area contributed by atoms with Gasteiger partial charge in [-0.2, -0.15) is 4.79 Å². The fourth-order valence-electron chi connectivity index (χ4n) is 1.17. The molecule has 0 amide bonds. The summed E-state index contributed by atoms with van der Waals surface area (Å²) in [6.07, 6.45) is 0.943. The van der Waals surface area contributed by atoms with Gasteiger partial charge in [-0.3, -0.25) is 4.79 Å². The Hall–Kier alpha value is -2.37. The maximum absolute atomic E-state index is 10.5. The third-order valence-electron chi connectivity index (χ3n) is 2.03. The van der Waals surface area contributed by atoms with Crippen LogP contribution < -0.4 is 0 Å². The first kappa shape index (κ1) is 19.0. The minimum atomic E-state index is -0.574. The van der Waals surface area contributed by atoms with Crippen molar-refractivity contribution in [2.24, 2.45) is 5.11 Å². The molecule has 2 heterocycles. The molecule has 0 N–H and O–H groups in total. The molecule has 2 aliphatic rings. The lowest BCUT2D eigenvalue weighted by Crippen LogP contribution is -2.09. The summed E-state index contributed by atoms with van der Waals surface area (Å²) in [6.45, 7) is 0.723. The lowest BCUT2D eigenvalue weighted by Gasteiger charge is -1.89. The van der Waals surface area contributed by atoms with Crippen molar-refractivity contribution in [3.8, 4) is 0 Å². The Kier molecular flexibility index (Phi) is 9.63. The van der Waals surface area contributed by atoms with Gasteiger partial charge in [0, 0.05) is 11.3 Å². The van der Waals surface area contributed by atoms with Crippen LogP contribution in [-0.4, -0.2) is 41.7 Å². The molecular formula is C10H17N5O4. The van der Waals surface area contributed by atoms with Gasteiger partial charge in [-0.1, -0.05) is 20.0 Å². The lowest BCUT2D eigenvalue weighted by atomic mass is 10.3. The number of cyclic esters (lactones) is 2. The lowest BCUT2D eigenvalue weighted by molar-refractivity contribution is -0.139. The fraction of sp³-hybridized carbons (Fsp3) is 0.700. The van der Waals surface area contributed by atoms with Gasteiger partial charge in [-0.15, -0.1) is 0 Å². The second kappa shape index (κ2) is 9.64. The molecule has 9 nitrogen and oxygen atoms in total. The van der Waals surface area contributed by atoms with Crippen LogP contribution in [0.3, 0.4) is 0 Å². The molecule has 0 spiro atoms. The Bertz CT molecular complexity index is 424. The minimum Gasteiger partial charge on any atom is -0.465 e. The zero-order valence-corrected chi connectivity index (χ0v) is 8.77. The van der Waals surface area contributed by atoms with Crippen LogP contribution in [0.25, 0.3) is 16.0 Å². The molecule has 2 aliphatic heterocycles. The standard InChI is InChI=1S/C4H5N3O2.C4H4N2O2.2CH4/c5-7-6-3-1-2-9-4(3)8;5-6-3-1-2-8-4(3)7;;/h3H,1-2H2;1-2H2;2*1H4. The summed E-state index contributed by atoms with van der Waals surface area (Å²) in [5, 5.41) is 3.21. The van der Waals surface area contributed by atoms with E-state index in [9.17, 15) is 9.59 Å². The largest absolute Gasteiger partial charge is 0.465 e. The minimum absolute atomic E-state index is 0. The van der Waals surface area contributed by atoms with Crippen molar-refractivity contribution < 1.29 is 23.9 Å². The first-order chi connectivity index (χ1) is 8.19. The number of hydrogen-bond donors (Lipinski definition) is 0. The Labute approximate surface area is 110 Å². The van der Waals surface area contributed by atoms with E-state index in [-0.39, 0.29) is 20.6 Å². The third kappa shape index (κ3) is 5.67. The summed E-state index contributed by atoms with van der Waals surface area (Å²) < 4.78 is 8.94. The molecule has 0 bridgehead atoms. The molecule has 2 saturated heterocycles. The van der Waals surface area contributed by atoms with E-state index >= 15 is 0 Å². The highest BCUT2D eigenvalue weighted by molar-refractivity contribution is 6.35. The van der Waals surface area contributed by atoms with Crippen LogP contribution in [-0.2, 0) is 19.1 Å². The highest BCUT2D eigenvalue weighted by Crippen LogP contribution is 2.09. The zero-order chi connectivity index (χ0) is 12.7. The molecule has 106 valence electrons. The van der Waals surface area contributed by atoms with Gasteiger partial charge in [0.1, 0.15) is 12.6 Å². The highest BCUT2D eigenvalue weighted by Gasteiger charge is 2.28. The Morgan fingerprint density at radius 1 is 1.16 bits per heavy atom. The SMILES string of the molecule is C.C.[N-]=[N+]=C1CCOC1=O.[N-]=[N+]=NC1CCOC1=O. The van der Waals surface area contributed by atoms with Crippen LogP contribution in [0.2, 0.25) is 0 Å². The van der Waals surface area contributed by atoms with E-state index in [2.05, 4.69) is 24.3 Å². The van der Waals surface area contributed by atoms with Gasteiger partial charge < -0.3 is 15.0 Å². The van der Waals surface area contributed by atoms with E-state index in [4.69, 9.17) is 11.1 Å². The van der Waals surface area contributed by atoms with Crippen molar-refractivity contribution in [3.05, 3.63) is 16.0 Å². The van der Waals surface area contributed by atoms with Crippen LogP contribution >= 0.6 is 0 Å². The summed E-state index contributed by atoms with van der Waals surface area (Å²) in [6, 6.07) is -0.574. The summed E-state index contributed by atoms with van der Waals surface area (Å²) in [5.41, 5.74) is 16.0. The van der Waals surface area contributed by atoms with Crippen LogP contribution in [0.15, 0.2) is 5.11 Å². The number of carbonyl (C=O) groups is 2. The van der Waals surface area contributed by atoms with Crippen LogP contribution in [0.5, 0.6) is 0 Å². The van der Waals surface area contributed by atoms with Gasteiger partial charge in [0.2, 0.25) is 0 Å². The molecule has 0 aromatic heterocycles. The molecule has 0 aromatic rings. The molecule has 0 aromatic carbocycles. The maximum atomic E-state index is 10.5. The average Bonchev–Trinajstić information content (AvgIpc) is 2.90. The van der Waals surface area contributed by atoms with E-state index in [0.29, 0.717) is 26.1 Å². The molecule has 0 saturated carbocycles. The fourth-order valence-corrected chi connectivity index (χ4v) is 1.17. The van der Waals surface area contributed by atoms with Crippen LogP contribution in [0, 0.1) is 0 Å². The molecule has 2 rings (SSSR count). The predicted molar refractivity (Wildman–Crippen MR) is 66.2 cm³/mol. The maximum Gasteiger partial charge on any atom is 0.417 e. The number of carbonyl (C=O) groups excluding carboxylic acids is 2. The van der Waals surface area contributed by atoms with Crippen molar-refractivity contribution in [1.82, 2.24) is 0 Å². The number of nitrogens with zero attached hydrogens (tertiary/aromatic N) is 5. The van der Waals surface area contributed by atoms with Gasteiger partial charge in [-0.25, -0.2) is 4.79 Å². The second-order valence-corrected chi connectivity index (χ2v) is 3.11. The molecule has 0 radical (unpaired) electrons. The number of ether oxygens (including phenoxy) is 2. The predicted octanol–water partition coefficient (Wildman–Crippen LogP) is 1.49. The molecule has 19 heavy (non-hydrogen) atoms. The number of esters is 2. The van der Waals surface area contributed by atoms with Gasteiger partial charge >= 0.3 is 17.7 Å². The first-order valence-corrected chi connectivity index (χ1v) is 4.78. The molecule has 9 heteroatoms. The van der Waals surface area contributed by atoms with E-state index in [1.54, 1.807) is 0 Å². The molecule has 2 fully saturated rings. The van der Waals surface area contributed by atoms with Crippen LogP contribution in [0.4, 0.5) is 0 Å².